The molecular formula is C20H25ClN3O+. The fourth-order valence-corrected chi connectivity index (χ4v) is 3.30. The maximum absolute atomic E-state index is 6.28. The zero-order valence-electron chi connectivity index (χ0n) is 14.8. The molecule has 3 rings (SSSR count). The highest BCUT2D eigenvalue weighted by molar-refractivity contribution is 6.31. The third-order valence-electron chi connectivity index (χ3n) is 4.64. The molecule has 132 valence electrons. The van der Waals surface area contributed by atoms with Gasteiger partial charge in [0.15, 0.2) is 0 Å². The minimum absolute atomic E-state index is 0.866. The number of hydrogen-bond acceptors (Lipinski definition) is 3. The van der Waals surface area contributed by atoms with Gasteiger partial charge in [-0.25, -0.2) is 0 Å². The van der Waals surface area contributed by atoms with Gasteiger partial charge < -0.3 is 9.64 Å². The number of methoxy groups -OCH3 is 1. The quantitative estimate of drug-likeness (QED) is 0.832. The van der Waals surface area contributed by atoms with E-state index < -0.39 is 0 Å². The molecule has 0 atom stereocenters. The molecule has 0 spiro atoms. The Morgan fingerprint density at radius 3 is 2.44 bits per heavy atom. The molecule has 2 aromatic rings. The maximum Gasteiger partial charge on any atom is 0.118 e. The molecule has 0 saturated carbocycles. The van der Waals surface area contributed by atoms with E-state index in [9.17, 15) is 0 Å². The van der Waals surface area contributed by atoms with E-state index in [0.717, 1.165) is 54.8 Å². The number of nitrogens with zero attached hydrogens (tertiary/aromatic N) is 2. The van der Waals surface area contributed by atoms with Crippen LogP contribution in [-0.4, -0.2) is 44.0 Å². The Kier molecular flexibility index (Phi) is 5.95. The maximum atomic E-state index is 6.28. The fraction of sp³-hybridized carbons (Fsp3) is 0.350. The van der Waals surface area contributed by atoms with E-state index in [4.69, 9.17) is 21.4 Å². The highest BCUT2D eigenvalue weighted by Crippen LogP contribution is 2.14. The van der Waals surface area contributed by atoms with Gasteiger partial charge in [0.2, 0.25) is 0 Å². The lowest BCUT2D eigenvalue weighted by Gasteiger charge is -2.31. The second-order valence-corrected chi connectivity index (χ2v) is 6.79. The van der Waals surface area contributed by atoms with Crippen molar-refractivity contribution in [2.45, 2.75) is 13.5 Å². The van der Waals surface area contributed by atoms with Gasteiger partial charge in [0.1, 0.15) is 12.3 Å². The van der Waals surface area contributed by atoms with Gasteiger partial charge in [0, 0.05) is 10.6 Å². The second kappa shape index (κ2) is 8.37. The third kappa shape index (κ3) is 4.74. The predicted molar refractivity (Wildman–Crippen MR) is 103 cm³/mol. The van der Waals surface area contributed by atoms with Crippen molar-refractivity contribution < 1.29 is 9.64 Å². The van der Waals surface area contributed by atoms with Gasteiger partial charge in [-0.2, -0.15) is 5.10 Å². The van der Waals surface area contributed by atoms with Crippen LogP contribution in [-0.2, 0) is 6.54 Å². The molecule has 1 saturated heterocycles. The normalized spacial score (nSPS) is 16.1. The summed E-state index contributed by atoms with van der Waals surface area (Å²) in [6.07, 6.45) is 0. The summed E-state index contributed by atoms with van der Waals surface area (Å²) in [6.45, 7) is 7.12. The highest BCUT2D eigenvalue weighted by atomic mass is 35.5. The van der Waals surface area contributed by atoms with Gasteiger partial charge >= 0.3 is 0 Å². The van der Waals surface area contributed by atoms with Crippen LogP contribution in [0.1, 0.15) is 18.1 Å². The fourth-order valence-electron chi connectivity index (χ4n) is 3.10. The van der Waals surface area contributed by atoms with Crippen LogP contribution in [0.5, 0.6) is 5.75 Å². The highest BCUT2D eigenvalue weighted by Gasteiger charge is 2.20. The van der Waals surface area contributed by atoms with Gasteiger partial charge in [-0.1, -0.05) is 29.8 Å². The van der Waals surface area contributed by atoms with E-state index in [1.807, 2.05) is 24.3 Å². The summed E-state index contributed by atoms with van der Waals surface area (Å²) in [5.41, 5.74) is 3.40. The molecule has 1 N–H and O–H groups in total. The Morgan fingerprint density at radius 1 is 1.12 bits per heavy atom. The van der Waals surface area contributed by atoms with Crippen molar-refractivity contribution in [3.63, 3.8) is 0 Å². The number of halogens is 1. The van der Waals surface area contributed by atoms with E-state index in [1.54, 1.807) is 12.0 Å². The lowest BCUT2D eigenvalue weighted by atomic mass is 10.1. The van der Waals surface area contributed by atoms with E-state index >= 15 is 0 Å². The number of ether oxygens (including phenoxy) is 1. The molecule has 4 nitrogen and oxygen atoms in total. The predicted octanol–water partition coefficient (Wildman–Crippen LogP) is 2.47. The molecular weight excluding hydrogens is 334 g/mol. The molecule has 0 amide bonds. The monoisotopic (exact) mass is 358 g/mol. The molecule has 0 aromatic heterocycles. The molecule has 0 bridgehead atoms. The minimum atomic E-state index is 0.866. The topological polar surface area (TPSA) is 29.3 Å². The summed E-state index contributed by atoms with van der Waals surface area (Å²) in [7, 11) is 1.68. The Hall–Kier alpha value is -2.04. The summed E-state index contributed by atoms with van der Waals surface area (Å²) in [4.78, 5) is 1.56. The molecule has 25 heavy (non-hydrogen) atoms. The lowest BCUT2D eigenvalue weighted by molar-refractivity contribution is -0.918. The average Bonchev–Trinajstić information content (AvgIpc) is 2.65. The first-order valence-corrected chi connectivity index (χ1v) is 9.05. The van der Waals surface area contributed by atoms with Crippen LogP contribution in [0, 0.1) is 0 Å². The molecule has 1 heterocycles. The standard InChI is InChI=1S/C20H24ClN3O/c1-16(17-7-9-19(25-2)10-8-17)22-24-13-11-23(12-14-24)15-18-5-3-4-6-20(18)21/h3-10H,11-15H2,1-2H3/p+1/b22-16-. The summed E-state index contributed by atoms with van der Waals surface area (Å²) in [5, 5.41) is 7.83. The molecule has 2 aromatic carbocycles. The zero-order valence-corrected chi connectivity index (χ0v) is 15.6. The van der Waals surface area contributed by atoms with Gasteiger partial charge in [-0.15, -0.1) is 0 Å². The van der Waals surface area contributed by atoms with Crippen LogP contribution in [0.4, 0.5) is 0 Å². The lowest BCUT2D eigenvalue weighted by Crippen LogP contribution is -3.13. The Bertz CT molecular complexity index is 722. The molecule has 0 radical (unpaired) electrons. The Labute approximate surface area is 154 Å². The number of rotatable bonds is 5. The second-order valence-electron chi connectivity index (χ2n) is 6.39. The van der Waals surface area contributed by atoms with Crippen LogP contribution in [0.3, 0.4) is 0 Å². The van der Waals surface area contributed by atoms with E-state index in [1.165, 1.54) is 5.56 Å². The molecule has 0 unspecified atom stereocenters. The van der Waals surface area contributed by atoms with Crippen LogP contribution in [0.2, 0.25) is 5.02 Å². The van der Waals surface area contributed by atoms with Crippen molar-refractivity contribution in [2.75, 3.05) is 33.3 Å². The Balaban J connectivity index is 1.55. The number of hydrogen-bond donors (Lipinski definition) is 1. The van der Waals surface area contributed by atoms with E-state index in [2.05, 4.69) is 36.2 Å². The number of hydrazone groups is 1. The summed E-state index contributed by atoms with van der Waals surface area (Å²) in [6, 6.07) is 16.2. The first-order valence-electron chi connectivity index (χ1n) is 8.67. The van der Waals surface area contributed by atoms with Gasteiger partial charge in [-0.3, -0.25) is 5.01 Å². The SMILES string of the molecule is COc1ccc(/C(C)=N\N2CC[NH+](Cc3ccccc3Cl)CC2)cc1. The first-order chi connectivity index (χ1) is 12.2. The zero-order chi connectivity index (χ0) is 17.6. The van der Waals surface area contributed by atoms with Crippen molar-refractivity contribution in [1.82, 2.24) is 5.01 Å². The minimum Gasteiger partial charge on any atom is -0.497 e. The average molecular weight is 359 g/mol. The van der Waals surface area contributed by atoms with Gasteiger partial charge in [-0.05, 0) is 42.8 Å². The van der Waals surface area contributed by atoms with Crippen molar-refractivity contribution in [2.24, 2.45) is 5.10 Å². The molecule has 1 fully saturated rings. The van der Waals surface area contributed by atoms with Crippen LogP contribution in [0.15, 0.2) is 53.6 Å². The number of benzene rings is 2. The van der Waals surface area contributed by atoms with Crippen molar-refractivity contribution in [1.29, 1.82) is 0 Å². The number of piperazine rings is 1. The van der Waals surface area contributed by atoms with Crippen LogP contribution < -0.4 is 9.64 Å². The molecule has 1 aliphatic heterocycles. The van der Waals surface area contributed by atoms with Crippen LogP contribution in [0.25, 0.3) is 0 Å². The summed E-state index contributed by atoms with van der Waals surface area (Å²) < 4.78 is 5.21. The number of quaternary nitrogens is 1. The van der Waals surface area contributed by atoms with Gasteiger partial charge in [0.05, 0.1) is 39.0 Å². The third-order valence-corrected chi connectivity index (χ3v) is 5.01. The molecule has 1 aliphatic rings. The van der Waals surface area contributed by atoms with E-state index in [0.29, 0.717) is 0 Å². The summed E-state index contributed by atoms with van der Waals surface area (Å²) >= 11 is 6.28. The molecule has 0 aliphatic carbocycles. The van der Waals surface area contributed by atoms with Crippen LogP contribution >= 0.6 is 11.6 Å². The molecule has 5 heteroatoms. The smallest absolute Gasteiger partial charge is 0.118 e. The van der Waals surface area contributed by atoms with Gasteiger partial charge in [0.25, 0.3) is 0 Å². The Morgan fingerprint density at radius 2 is 1.80 bits per heavy atom. The van der Waals surface area contributed by atoms with Crippen molar-refractivity contribution in [3.8, 4) is 5.75 Å². The van der Waals surface area contributed by atoms with E-state index in [-0.39, 0.29) is 0 Å². The van der Waals surface area contributed by atoms with Crippen molar-refractivity contribution >= 4 is 17.3 Å². The number of nitrogens with one attached hydrogen (secondary N) is 1. The largest absolute Gasteiger partial charge is 0.497 e. The summed E-state index contributed by atoms with van der Waals surface area (Å²) in [5.74, 6) is 0.869. The van der Waals surface area contributed by atoms with Crippen molar-refractivity contribution in [3.05, 3.63) is 64.7 Å². The first kappa shape index (κ1) is 17.8.